The van der Waals surface area contributed by atoms with Gasteiger partial charge in [0.2, 0.25) is 5.91 Å². The Balaban J connectivity index is 1.58. The quantitative estimate of drug-likeness (QED) is 0.846. The van der Waals surface area contributed by atoms with E-state index in [0.717, 1.165) is 19.4 Å². The normalized spacial score (nSPS) is 29.8. The second-order valence-electron chi connectivity index (χ2n) is 8.57. The number of hydrogen-bond donors (Lipinski definition) is 1. The van der Waals surface area contributed by atoms with Crippen LogP contribution in [0.15, 0.2) is 24.5 Å². The first kappa shape index (κ1) is 19.4. The van der Waals surface area contributed by atoms with Crippen molar-refractivity contribution >= 4 is 11.8 Å². The van der Waals surface area contributed by atoms with Crippen LogP contribution in [0.25, 0.3) is 0 Å². The third-order valence-corrected chi connectivity index (χ3v) is 7.02. The maximum absolute atomic E-state index is 13.4. The van der Waals surface area contributed by atoms with E-state index in [-0.39, 0.29) is 17.9 Å². The number of rotatable bonds is 5. The molecule has 6 nitrogen and oxygen atoms in total. The minimum atomic E-state index is 0.0850. The van der Waals surface area contributed by atoms with Crippen molar-refractivity contribution in [2.24, 2.45) is 11.8 Å². The number of carbonyl (C=O) groups is 2. The van der Waals surface area contributed by atoms with Gasteiger partial charge >= 0.3 is 0 Å². The van der Waals surface area contributed by atoms with Crippen molar-refractivity contribution in [3.8, 4) is 0 Å². The van der Waals surface area contributed by atoms with E-state index >= 15 is 0 Å². The highest BCUT2D eigenvalue weighted by Gasteiger charge is 2.49. The molecule has 3 aliphatic rings. The molecule has 0 aliphatic carbocycles. The lowest BCUT2D eigenvalue weighted by molar-refractivity contribution is -0.120. The summed E-state index contributed by atoms with van der Waals surface area (Å²) in [5, 5.41) is 2.72. The van der Waals surface area contributed by atoms with Crippen LogP contribution in [0.2, 0.25) is 0 Å². The lowest BCUT2D eigenvalue weighted by Crippen LogP contribution is -2.65. The highest BCUT2D eigenvalue weighted by atomic mass is 16.2. The van der Waals surface area contributed by atoms with Gasteiger partial charge < -0.3 is 10.2 Å². The van der Waals surface area contributed by atoms with Crippen molar-refractivity contribution in [2.45, 2.75) is 57.0 Å². The molecule has 0 spiro atoms. The predicted molar refractivity (Wildman–Crippen MR) is 108 cm³/mol. The molecular formula is C22H32N4O2. The lowest BCUT2D eigenvalue weighted by Gasteiger charge is -2.57. The minimum absolute atomic E-state index is 0.0850. The summed E-state index contributed by atoms with van der Waals surface area (Å²) in [5.41, 5.74) is 0.681. The van der Waals surface area contributed by atoms with Crippen LogP contribution in [0.3, 0.4) is 0 Å². The van der Waals surface area contributed by atoms with E-state index in [9.17, 15) is 9.59 Å². The summed E-state index contributed by atoms with van der Waals surface area (Å²) in [6, 6.07) is 4.55. The predicted octanol–water partition coefficient (Wildman–Crippen LogP) is 2.31. The maximum Gasteiger partial charge on any atom is 0.255 e. The summed E-state index contributed by atoms with van der Waals surface area (Å²) < 4.78 is 0. The summed E-state index contributed by atoms with van der Waals surface area (Å²) in [6.07, 6.45) is 10.5. The minimum Gasteiger partial charge on any atom is -0.359 e. The van der Waals surface area contributed by atoms with Crippen LogP contribution in [-0.2, 0) is 4.79 Å². The van der Waals surface area contributed by atoms with E-state index in [1.807, 2.05) is 12.1 Å². The van der Waals surface area contributed by atoms with Gasteiger partial charge in [-0.1, -0.05) is 0 Å². The van der Waals surface area contributed by atoms with Gasteiger partial charge in [-0.3, -0.25) is 19.5 Å². The number of nitrogens with zero attached hydrogens (tertiary/aromatic N) is 3. The van der Waals surface area contributed by atoms with Crippen molar-refractivity contribution in [1.29, 1.82) is 0 Å². The topological polar surface area (TPSA) is 65.5 Å². The van der Waals surface area contributed by atoms with Crippen molar-refractivity contribution in [3.05, 3.63) is 30.1 Å². The van der Waals surface area contributed by atoms with Gasteiger partial charge in [0.15, 0.2) is 0 Å². The molecule has 4 rings (SSSR count). The highest BCUT2D eigenvalue weighted by molar-refractivity contribution is 5.94. The van der Waals surface area contributed by atoms with E-state index in [4.69, 9.17) is 0 Å². The largest absolute Gasteiger partial charge is 0.359 e. The van der Waals surface area contributed by atoms with E-state index in [2.05, 4.69) is 20.1 Å². The molecule has 3 aliphatic heterocycles. The molecular weight excluding hydrogens is 352 g/mol. The Morgan fingerprint density at radius 3 is 2.82 bits per heavy atom. The van der Waals surface area contributed by atoms with Crippen molar-refractivity contribution in [1.82, 2.24) is 20.1 Å². The molecule has 3 saturated heterocycles. The number of aromatic nitrogens is 1. The first-order valence-electron chi connectivity index (χ1n) is 10.8. The van der Waals surface area contributed by atoms with Gasteiger partial charge in [0.1, 0.15) is 0 Å². The Morgan fingerprint density at radius 1 is 1.25 bits per heavy atom. The van der Waals surface area contributed by atoms with Gasteiger partial charge in [0, 0.05) is 44.5 Å². The fraction of sp³-hybridized carbons (Fsp3) is 0.682. The smallest absolute Gasteiger partial charge is 0.255 e. The third kappa shape index (κ3) is 3.79. The van der Waals surface area contributed by atoms with Crippen molar-refractivity contribution in [3.63, 3.8) is 0 Å². The summed E-state index contributed by atoms with van der Waals surface area (Å²) in [4.78, 5) is 34.1. The first-order valence-corrected chi connectivity index (χ1v) is 10.8. The zero-order chi connectivity index (χ0) is 19.5. The molecule has 6 heteroatoms. The highest BCUT2D eigenvalue weighted by Crippen LogP contribution is 2.43. The molecule has 0 saturated carbocycles. The molecule has 28 heavy (non-hydrogen) atoms. The monoisotopic (exact) mass is 384 g/mol. The number of hydrogen-bond acceptors (Lipinski definition) is 4. The van der Waals surface area contributed by atoms with Crippen LogP contribution in [-0.4, -0.2) is 65.4 Å². The lowest BCUT2D eigenvalue weighted by atomic mass is 9.69. The maximum atomic E-state index is 13.4. The number of piperidine rings is 3. The van der Waals surface area contributed by atoms with Gasteiger partial charge in [-0.05, 0) is 75.6 Å². The Morgan fingerprint density at radius 2 is 2.07 bits per heavy atom. The number of nitrogens with one attached hydrogen (secondary N) is 1. The number of amides is 2. The summed E-state index contributed by atoms with van der Waals surface area (Å²) in [5.74, 6) is 1.30. The Hall–Kier alpha value is -1.95. The Labute approximate surface area is 167 Å². The molecule has 0 unspecified atom stereocenters. The second kappa shape index (κ2) is 8.60. The molecule has 0 aromatic carbocycles. The SMILES string of the molecule is CNC(=O)CCC[C@@H]1[C@H]2CCCN3CCC[C@@H](CN1C(=O)c1cccnc1)[C@@H]23. The van der Waals surface area contributed by atoms with E-state index < -0.39 is 0 Å². The van der Waals surface area contributed by atoms with Gasteiger partial charge in [-0.25, -0.2) is 0 Å². The van der Waals surface area contributed by atoms with E-state index in [1.165, 1.54) is 38.8 Å². The van der Waals surface area contributed by atoms with Crippen LogP contribution in [0.5, 0.6) is 0 Å². The molecule has 1 aromatic rings. The molecule has 152 valence electrons. The number of carbonyl (C=O) groups excluding carboxylic acids is 2. The second-order valence-corrected chi connectivity index (χ2v) is 8.57. The zero-order valence-electron chi connectivity index (χ0n) is 16.8. The molecule has 4 atom stereocenters. The van der Waals surface area contributed by atoms with Gasteiger partial charge in [0.25, 0.3) is 5.91 Å². The van der Waals surface area contributed by atoms with Crippen LogP contribution in [0.1, 0.15) is 55.3 Å². The summed E-state index contributed by atoms with van der Waals surface area (Å²) >= 11 is 0. The average molecular weight is 385 g/mol. The number of pyridine rings is 1. The fourth-order valence-electron chi connectivity index (χ4n) is 5.85. The van der Waals surface area contributed by atoms with E-state index in [1.54, 1.807) is 19.4 Å². The van der Waals surface area contributed by atoms with E-state index in [0.29, 0.717) is 29.9 Å². The Bertz CT molecular complexity index is 693. The molecule has 1 N–H and O–H groups in total. The summed E-state index contributed by atoms with van der Waals surface area (Å²) in [6.45, 7) is 3.26. The molecule has 0 radical (unpaired) electrons. The Kier molecular flexibility index (Phi) is 5.95. The van der Waals surface area contributed by atoms with Crippen LogP contribution in [0, 0.1) is 11.8 Å². The van der Waals surface area contributed by atoms with Crippen molar-refractivity contribution < 1.29 is 9.59 Å². The van der Waals surface area contributed by atoms with Crippen LogP contribution < -0.4 is 5.32 Å². The van der Waals surface area contributed by atoms with Gasteiger partial charge in [-0.2, -0.15) is 0 Å². The van der Waals surface area contributed by atoms with Gasteiger partial charge in [-0.15, -0.1) is 0 Å². The summed E-state index contributed by atoms with van der Waals surface area (Å²) in [7, 11) is 1.69. The molecule has 1 aromatic heterocycles. The molecule has 0 bridgehead atoms. The standard InChI is InChI=1S/C22H32N4O2/c1-23-20(27)10-2-9-19-18-8-5-13-25-12-4-7-17(21(18)25)15-26(19)22(28)16-6-3-11-24-14-16/h3,6,11,14,17-19,21H,2,4-5,7-10,12-13,15H2,1H3,(H,23,27)/t17-,18+,19+,21-/m0/s1. The van der Waals surface area contributed by atoms with Crippen molar-refractivity contribution in [2.75, 3.05) is 26.7 Å². The van der Waals surface area contributed by atoms with Crippen LogP contribution >= 0.6 is 0 Å². The first-order chi connectivity index (χ1) is 13.7. The fourth-order valence-corrected chi connectivity index (χ4v) is 5.85. The number of likely N-dealkylation sites (tertiary alicyclic amines) is 1. The molecule has 3 fully saturated rings. The average Bonchev–Trinajstić information content (AvgIpc) is 2.75. The molecule has 4 heterocycles. The zero-order valence-corrected chi connectivity index (χ0v) is 16.8. The third-order valence-electron chi connectivity index (χ3n) is 7.02. The van der Waals surface area contributed by atoms with Gasteiger partial charge in [0.05, 0.1) is 5.56 Å². The van der Waals surface area contributed by atoms with Crippen LogP contribution in [0.4, 0.5) is 0 Å². The molecule has 2 amide bonds.